The lowest BCUT2D eigenvalue weighted by atomic mass is 10.0. The van der Waals surface area contributed by atoms with Crippen LogP contribution < -0.4 is 0 Å². The Bertz CT molecular complexity index is 1830. The lowest BCUT2D eigenvalue weighted by Crippen LogP contribution is -1.93. The molecule has 0 radical (unpaired) electrons. The molecular weight excluding hydrogens is 605 g/mol. The van der Waals surface area contributed by atoms with Crippen LogP contribution in [0.15, 0.2) is 100 Å². The molecule has 4 aromatic heterocycles. The van der Waals surface area contributed by atoms with Crippen LogP contribution in [-0.4, -0.2) is 9.97 Å². The van der Waals surface area contributed by atoms with Crippen molar-refractivity contribution >= 4 is 65.2 Å². The van der Waals surface area contributed by atoms with E-state index >= 15 is 0 Å². The smallest absolute Gasteiger partial charge is 0.100 e. The maximum Gasteiger partial charge on any atom is 0.100 e. The van der Waals surface area contributed by atoms with Gasteiger partial charge >= 0.3 is 0 Å². The molecule has 7 rings (SSSR count). The van der Waals surface area contributed by atoms with Gasteiger partial charge in [-0.25, -0.2) is 9.97 Å². The molecule has 0 spiro atoms. The number of benzene rings is 3. The summed E-state index contributed by atoms with van der Waals surface area (Å²) in [6, 6.07) is 27.5. The second kappa shape index (κ2) is 16.3. The minimum atomic E-state index is 0.938. The molecule has 0 unspecified atom stereocenters. The van der Waals surface area contributed by atoms with Crippen LogP contribution in [0.3, 0.4) is 0 Å². The minimum Gasteiger partial charge on any atom is -0.243 e. The number of unbranched alkanes of at least 4 members (excludes halogenated alkanes) is 9. The van der Waals surface area contributed by atoms with Crippen molar-refractivity contribution in [3.8, 4) is 22.5 Å². The van der Waals surface area contributed by atoms with E-state index in [1.807, 2.05) is 69.8 Å². The Kier molecular flexibility index (Phi) is 11.4. The van der Waals surface area contributed by atoms with Gasteiger partial charge in [0.2, 0.25) is 0 Å². The standard InChI is InChI=1S/C22H30S2.C18H12N2S/c1-2-3-4-5-6-7-8-9-10-11-12-18-17-19-13-15-23-21(19)22-20(18)14-16-24-22;1-3-7-13(8-4-1)17-18(14-9-5-2-6-10-14)20-16-12-21-11-15(16)19-17/h13-17H,2-12H2,1H3;1-12H. The first-order valence-electron chi connectivity index (χ1n) is 16.5. The highest BCUT2D eigenvalue weighted by Crippen LogP contribution is 2.36. The Labute approximate surface area is 279 Å². The molecule has 45 heavy (non-hydrogen) atoms. The highest BCUT2D eigenvalue weighted by molar-refractivity contribution is 7.25. The van der Waals surface area contributed by atoms with Crippen LogP contribution in [0.4, 0.5) is 0 Å². The van der Waals surface area contributed by atoms with Gasteiger partial charge in [-0.1, -0.05) is 125 Å². The Morgan fingerprint density at radius 3 is 1.69 bits per heavy atom. The molecule has 0 aliphatic heterocycles. The van der Waals surface area contributed by atoms with Gasteiger partial charge in [-0.3, -0.25) is 0 Å². The Hall–Kier alpha value is -3.38. The number of hydrogen-bond donors (Lipinski definition) is 0. The van der Waals surface area contributed by atoms with Crippen molar-refractivity contribution in [2.24, 2.45) is 0 Å². The largest absolute Gasteiger partial charge is 0.243 e. The van der Waals surface area contributed by atoms with E-state index in [4.69, 9.17) is 9.97 Å². The van der Waals surface area contributed by atoms with Gasteiger partial charge in [-0.2, -0.15) is 0 Å². The molecular formula is C40H42N2S3. The molecule has 0 bridgehead atoms. The van der Waals surface area contributed by atoms with Crippen LogP contribution in [0, 0.1) is 0 Å². The van der Waals surface area contributed by atoms with E-state index in [2.05, 4.69) is 60.1 Å². The first-order chi connectivity index (χ1) is 22.3. The predicted molar refractivity (Wildman–Crippen MR) is 201 cm³/mol. The van der Waals surface area contributed by atoms with Gasteiger partial charge in [-0.05, 0) is 58.1 Å². The Morgan fingerprint density at radius 1 is 0.556 bits per heavy atom. The number of nitrogens with zero attached hydrogens (tertiary/aromatic N) is 2. The SMILES string of the molecule is CCCCCCCCCCCCc1cc2ccsc2c2sccc12.c1ccc(-c2nc3cscc3nc2-c2ccccc2)cc1. The zero-order chi connectivity index (χ0) is 30.7. The van der Waals surface area contributed by atoms with Gasteiger partial charge in [0.05, 0.1) is 20.8 Å². The average Bonchev–Trinajstić information content (AvgIpc) is 3.87. The zero-order valence-electron chi connectivity index (χ0n) is 26.2. The van der Waals surface area contributed by atoms with Gasteiger partial charge in [0.1, 0.15) is 11.0 Å². The summed E-state index contributed by atoms with van der Waals surface area (Å²) in [5.74, 6) is 0. The van der Waals surface area contributed by atoms with Crippen LogP contribution in [0.1, 0.15) is 76.7 Å². The van der Waals surface area contributed by atoms with Crippen molar-refractivity contribution in [3.05, 3.63) is 106 Å². The van der Waals surface area contributed by atoms with E-state index in [0.29, 0.717) is 0 Å². The molecule has 0 saturated heterocycles. The quantitative estimate of drug-likeness (QED) is 0.117. The highest BCUT2D eigenvalue weighted by atomic mass is 32.1. The van der Waals surface area contributed by atoms with Crippen LogP contribution in [0.5, 0.6) is 0 Å². The lowest BCUT2D eigenvalue weighted by Gasteiger charge is -2.08. The summed E-state index contributed by atoms with van der Waals surface area (Å²) in [5, 5.41) is 11.5. The molecule has 0 N–H and O–H groups in total. The molecule has 0 aliphatic carbocycles. The van der Waals surface area contributed by atoms with Crippen molar-refractivity contribution in [2.45, 2.75) is 77.6 Å². The summed E-state index contributed by atoms with van der Waals surface area (Å²) < 4.78 is 2.98. The third-order valence-corrected chi connectivity index (χ3v) is 11.2. The van der Waals surface area contributed by atoms with Crippen molar-refractivity contribution in [3.63, 3.8) is 0 Å². The molecule has 230 valence electrons. The van der Waals surface area contributed by atoms with E-state index in [0.717, 1.165) is 33.5 Å². The van der Waals surface area contributed by atoms with Crippen molar-refractivity contribution in [2.75, 3.05) is 0 Å². The van der Waals surface area contributed by atoms with Crippen LogP contribution in [0.2, 0.25) is 0 Å². The Balaban J connectivity index is 0.000000160. The number of thiophene rings is 3. The average molecular weight is 647 g/mol. The van der Waals surface area contributed by atoms with Gasteiger partial charge in [0, 0.05) is 21.9 Å². The number of rotatable bonds is 13. The molecule has 0 amide bonds. The van der Waals surface area contributed by atoms with E-state index in [1.54, 1.807) is 16.9 Å². The molecule has 5 heteroatoms. The maximum absolute atomic E-state index is 4.83. The van der Waals surface area contributed by atoms with Gasteiger partial charge in [0.25, 0.3) is 0 Å². The summed E-state index contributed by atoms with van der Waals surface area (Å²) in [5.41, 5.74) is 7.54. The second-order valence-electron chi connectivity index (χ2n) is 11.8. The third-order valence-electron chi connectivity index (χ3n) is 8.45. The predicted octanol–water partition coefficient (Wildman–Crippen LogP) is 13.6. The number of aromatic nitrogens is 2. The Morgan fingerprint density at radius 2 is 1.09 bits per heavy atom. The van der Waals surface area contributed by atoms with Crippen LogP contribution in [-0.2, 0) is 6.42 Å². The van der Waals surface area contributed by atoms with Crippen molar-refractivity contribution in [1.82, 2.24) is 9.97 Å². The van der Waals surface area contributed by atoms with Gasteiger partial charge in [0.15, 0.2) is 0 Å². The summed E-state index contributed by atoms with van der Waals surface area (Å²) in [7, 11) is 0. The fourth-order valence-corrected chi connectivity index (χ4v) is 8.71. The topological polar surface area (TPSA) is 25.8 Å². The molecule has 0 atom stereocenters. The second-order valence-corrected chi connectivity index (χ2v) is 14.3. The number of fused-ring (bicyclic) bond motifs is 4. The fraction of sp³-hybridized carbons (Fsp3) is 0.300. The van der Waals surface area contributed by atoms with E-state index in [-0.39, 0.29) is 0 Å². The molecule has 0 saturated carbocycles. The summed E-state index contributed by atoms with van der Waals surface area (Å²) in [4.78, 5) is 9.66. The summed E-state index contributed by atoms with van der Waals surface area (Å²) in [6.45, 7) is 2.29. The van der Waals surface area contributed by atoms with E-state index in [9.17, 15) is 0 Å². The van der Waals surface area contributed by atoms with Gasteiger partial charge in [-0.15, -0.1) is 34.0 Å². The molecule has 3 aromatic carbocycles. The summed E-state index contributed by atoms with van der Waals surface area (Å²) >= 11 is 5.42. The summed E-state index contributed by atoms with van der Waals surface area (Å²) in [6.07, 6.45) is 15.4. The van der Waals surface area contributed by atoms with Gasteiger partial charge < -0.3 is 0 Å². The first kappa shape index (κ1) is 31.6. The fourth-order valence-electron chi connectivity index (χ4n) is 6.02. The third kappa shape index (κ3) is 8.07. The molecule has 0 fully saturated rings. The maximum atomic E-state index is 4.83. The zero-order valence-corrected chi connectivity index (χ0v) is 28.7. The first-order valence-corrected chi connectivity index (χ1v) is 19.2. The van der Waals surface area contributed by atoms with Crippen LogP contribution >= 0.6 is 34.0 Å². The minimum absolute atomic E-state index is 0.938. The normalized spacial score (nSPS) is 11.3. The van der Waals surface area contributed by atoms with E-state index in [1.165, 1.54) is 90.8 Å². The number of hydrogen-bond acceptors (Lipinski definition) is 5. The molecule has 0 aliphatic rings. The lowest BCUT2D eigenvalue weighted by molar-refractivity contribution is 0.556. The molecule has 7 aromatic rings. The van der Waals surface area contributed by atoms with Crippen LogP contribution in [0.25, 0.3) is 53.7 Å². The molecule has 4 heterocycles. The monoisotopic (exact) mass is 646 g/mol. The van der Waals surface area contributed by atoms with E-state index < -0.39 is 0 Å². The van der Waals surface area contributed by atoms with Crippen molar-refractivity contribution < 1.29 is 0 Å². The van der Waals surface area contributed by atoms with Crippen molar-refractivity contribution in [1.29, 1.82) is 0 Å². The number of aryl methyl sites for hydroxylation is 1. The highest BCUT2D eigenvalue weighted by Gasteiger charge is 2.13. The molecule has 2 nitrogen and oxygen atoms in total.